The van der Waals surface area contributed by atoms with Gasteiger partial charge >= 0.3 is 0 Å². The third-order valence-corrected chi connectivity index (χ3v) is 4.65. The zero-order valence-corrected chi connectivity index (χ0v) is 13.6. The van der Waals surface area contributed by atoms with Gasteiger partial charge in [-0.2, -0.15) is 0 Å². The minimum atomic E-state index is 0.0807. The summed E-state index contributed by atoms with van der Waals surface area (Å²) in [5.41, 5.74) is 2.05. The first kappa shape index (κ1) is 15.8. The summed E-state index contributed by atoms with van der Waals surface area (Å²) in [4.78, 5) is 0. The van der Waals surface area contributed by atoms with Gasteiger partial charge in [0.1, 0.15) is 10.8 Å². The Labute approximate surface area is 132 Å². The van der Waals surface area contributed by atoms with Crippen molar-refractivity contribution in [3.05, 3.63) is 34.3 Å². The minimum Gasteiger partial charge on any atom is -0.497 e. The number of aliphatic hydroxyl groups excluding tert-OH is 1. The molecule has 1 aromatic heterocycles. The van der Waals surface area contributed by atoms with Crippen molar-refractivity contribution < 1.29 is 9.84 Å². The van der Waals surface area contributed by atoms with Crippen LogP contribution in [0.15, 0.2) is 22.5 Å². The maximum Gasteiger partial charge on any atom is 0.174 e. The molecule has 0 aliphatic heterocycles. The van der Waals surface area contributed by atoms with Crippen LogP contribution < -0.4 is 4.74 Å². The average molecular weight is 320 g/mol. The summed E-state index contributed by atoms with van der Waals surface area (Å²) in [7, 11) is 1.65. The van der Waals surface area contributed by atoms with Crippen molar-refractivity contribution >= 4 is 23.1 Å². The van der Waals surface area contributed by atoms with Crippen LogP contribution >= 0.6 is 23.1 Å². The molecule has 0 aliphatic rings. The fourth-order valence-electron chi connectivity index (χ4n) is 1.63. The molecule has 0 atom stereocenters. The molecule has 6 heteroatoms. The lowest BCUT2D eigenvalue weighted by atomic mass is 10.1. The maximum absolute atomic E-state index is 8.81. The van der Waals surface area contributed by atoms with Crippen molar-refractivity contribution in [1.82, 2.24) is 10.2 Å². The zero-order chi connectivity index (χ0) is 15.1. The molecule has 21 heavy (non-hydrogen) atoms. The molecule has 0 radical (unpaired) electrons. The molecule has 0 amide bonds. The summed E-state index contributed by atoms with van der Waals surface area (Å²) in [5, 5.41) is 17.9. The predicted octanol–water partition coefficient (Wildman–Crippen LogP) is 2.88. The van der Waals surface area contributed by atoms with Crippen LogP contribution in [0, 0.1) is 18.8 Å². The van der Waals surface area contributed by atoms with Crippen LogP contribution in [0.3, 0.4) is 0 Å². The lowest BCUT2D eigenvalue weighted by Crippen LogP contribution is -1.91. The largest absolute Gasteiger partial charge is 0.497 e. The van der Waals surface area contributed by atoms with E-state index < -0.39 is 0 Å². The maximum atomic E-state index is 8.81. The topological polar surface area (TPSA) is 55.2 Å². The van der Waals surface area contributed by atoms with Crippen molar-refractivity contribution in [3.8, 4) is 17.6 Å². The van der Waals surface area contributed by atoms with Gasteiger partial charge in [0.2, 0.25) is 0 Å². The van der Waals surface area contributed by atoms with E-state index in [4.69, 9.17) is 9.84 Å². The Bertz CT molecular complexity index is 659. The number of ether oxygens (including phenoxy) is 1. The molecule has 0 fully saturated rings. The molecule has 0 saturated heterocycles. The van der Waals surface area contributed by atoms with Gasteiger partial charge in [0.25, 0.3) is 0 Å². The lowest BCUT2D eigenvalue weighted by Gasteiger charge is -2.06. The van der Waals surface area contributed by atoms with E-state index in [0.29, 0.717) is 6.42 Å². The van der Waals surface area contributed by atoms with Gasteiger partial charge in [-0.25, -0.2) is 0 Å². The van der Waals surface area contributed by atoms with Crippen LogP contribution in [-0.4, -0.2) is 29.0 Å². The highest BCUT2D eigenvalue weighted by atomic mass is 32.2. The summed E-state index contributed by atoms with van der Waals surface area (Å²) in [6, 6.07) is 5.83. The fourth-order valence-corrected chi connectivity index (χ4v) is 3.43. The van der Waals surface area contributed by atoms with Gasteiger partial charge in [0.15, 0.2) is 4.34 Å². The first-order chi connectivity index (χ1) is 10.2. The summed E-state index contributed by atoms with van der Waals surface area (Å²) >= 11 is 3.22. The summed E-state index contributed by atoms with van der Waals surface area (Å²) < 4.78 is 6.22. The van der Waals surface area contributed by atoms with Crippen LogP contribution in [-0.2, 0) is 5.75 Å². The van der Waals surface area contributed by atoms with Gasteiger partial charge < -0.3 is 9.84 Å². The Morgan fingerprint density at radius 2 is 2.24 bits per heavy atom. The van der Waals surface area contributed by atoms with Gasteiger partial charge in [-0.1, -0.05) is 34.9 Å². The Morgan fingerprint density at radius 1 is 1.38 bits per heavy atom. The Morgan fingerprint density at radius 3 is 2.90 bits per heavy atom. The van der Waals surface area contributed by atoms with E-state index in [2.05, 4.69) is 22.0 Å². The fraction of sp³-hybridized carbons (Fsp3) is 0.333. The van der Waals surface area contributed by atoms with E-state index in [1.807, 2.05) is 25.1 Å². The molecule has 110 valence electrons. The molecule has 0 spiro atoms. The molecule has 2 aromatic rings. The van der Waals surface area contributed by atoms with E-state index in [9.17, 15) is 0 Å². The highest BCUT2D eigenvalue weighted by Gasteiger charge is 2.06. The standard InChI is InChI=1S/C15H16N2O2S2/c1-11-16-17-15(21-11)20-10-13-9-14(19-2)7-6-12(13)5-3-4-8-18/h6-7,9,18H,4,8,10H2,1-2H3. The number of nitrogens with zero attached hydrogens (tertiary/aromatic N) is 2. The molecule has 4 nitrogen and oxygen atoms in total. The molecule has 0 unspecified atom stereocenters. The molecule has 1 N–H and O–H groups in total. The third-order valence-electron chi connectivity index (χ3n) is 2.63. The number of hydrogen-bond donors (Lipinski definition) is 1. The van der Waals surface area contributed by atoms with Crippen molar-refractivity contribution in [2.24, 2.45) is 0 Å². The highest BCUT2D eigenvalue weighted by Crippen LogP contribution is 2.28. The number of aliphatic hydroxyl groups is 1. The molecule has 0 bridgehead atoms. The van der Waals surface area contributed by atoms with Crippen LogP contribution in [0.2, 0.25) is 0 Å². The summed E-state index contributed by atoms with van der Waals surface area (Å²) in [6.07, 6.45) is 0.480. The normalized spacial score (nSPS) is 10.0. The average Bonchev–Trinajstić information content (AvgIpc) is 2.92. The number of aryl methyl sites for hydroxylation is 1. The van der Waals surface area contributed by atoms with Gasteiger partial charge in [-0.05, 0) is 30.7 Å². The number of hydrogen-bond acceptors (Lipinski definition) is 6. The van der Waals surface area contributed by atoms with Crippen molar-refractivity contribution in [1.29, 1.82) is 0 Å². The van der Waals surface area contributed by atoms with E-state index in [0.717, 1.165) is 32.0 Å². The van der Waals surface area contributed by atoms with Crippen LogP contribution in [0.1, 0.15) is 22.6 Å². The minimum absolute atomic E-state index is 0.0807. The second kappa shape index (κ2) is 8.03. The first-order valence-corrected chi connectivity index (χ1v) is 8.22. The van der Waals surface area contributed by atoms with Gasteiger partial charge in [0.05, 0.1) is 13.7 Å². The van der Waals surface area contributed by atoms with Crippen LogP contribution in [0.25, 0.3) is 0 Å². The number of aromatic nitrogens is 2. The van der Waals surface area contributed by atoms with E-state index >= 15 is 0 Å². The quantitative estimate of drug-likeness (QED) is 0.678. The Hall–Kier alpha value is -1.55. The SMILES string of the molecule is COc1ccc(C#CCCO)c(CSc2nnc(C)s2)c1. The first-order valence-electron chi connectivity index (χ1n) is 6.42. The molecule has 0 aliphatic carbocycles. The molecular weight excluding hydrogens is 304 g/mol. The van der Waals surface area contributed by atoms with Crippen molar-refractivity contribution in [2.45, 2.75) is 23.4 Å². The summed E-state index contributed by atoms with van der Waals surface area (Å²) in [5.74, 6) is 7.62. The Kier molecular flexibility index (Phi) is 6.05. The number of rotatable bonds is 5. The lowest BCUT2D eigenvalue weighted by molar-refractivity contribution is 0.305. The van der Waals surface area contributed by atoms with E-state index in [-0.39, 0.29) is 6.61 Å². The van der Waals surface area contributed by atoms with Crippen molar-refractivity contribution in [2.75, 3.05) is 13.7 Å². The van der Waals surface area contributed by atoms with E-state index in [1.54, 1.807) is 30.2 Å². The number of thioether (sulfide) groups is 1. The Balaban J connectivity index is 2.16. The molecule has 1 aromatic carbocycles. The molecule has 2 rings (SSSR count). The number of benzene rings is 1. The smallest absolute Gasteiger partial charge is 0.174 e. The summed E-state index contributed by atoms with van der Waals surface area (Å²) in [6.45, 7) is 2.02. The van der Waals surface area contributed by atoms with Gasteiger partial charge in [-0.15, -0.1) is 10.2 Å². The van der Waals surface area contributed by atoms with Gasteiger partial charge in [-0.3, -0.25) is 0 Å². The van der Waals surface area contributed by atoms with Crippen LogP contribution in [0.5, 0.6) is 5.75 Å². The molecule has 0 saturated carbocycles. The third kappa shape index (κ3) is 4.74. The number of methoxy groups -OCH3 is 1. The van der Waals surface area contributed by atoms with E-state index in [1.165, 1.54) is 0 Å². The molecule has 1 heterocycles. The van der Waals surface area contributed by atoms with Gasteiger partial charge in [0, 0.05) is 17.7 Å². The highest BCUT2D eigenvalue weighted by molar-refractivity contribution is 8.00. The monoisotopic (exact) mass is 320 g/mol. The predicted molar refractivity (Wildman–Crippen MR) is 85.8 cm³/mol. The van der Waals surface area contributed by atoms with Crippen LogP contribution in [0.4, 0.5) is 0 Å². The second-order valence-corrected chi connectivity index (χ2v) is 6.58. The zero-order valence-electron chi connectivity index (χ0n) is 11.9. The molecular formula is C15H16N2O2S2. The van der Waals surface area contributed by atoms with Crippen molar-refractivity contribution in [3.63, 3.8) is 0 Å². The second-order valence-electron chi connectivity index (χ2n) is 4.17.